The molecule has 0 spiro atoms. The molecule has 0 saturated heterocycles. The number of pyridine rings is 2. The summed E-state index contributed by atoms with van der Waals surface area (Å²) in [6.07, 6.45) is 20.3. The smallest absolute Gasteiger partial charge is 0.678 e. The van der Waals surface area contributed by atoms with Crippen LogP contribution in [0.4, 0.5) is 0 Å². The van der Waals surface area contributed by atoms with Gasteiger partial charge >= 0.3 is 21.1 Å². The standard InChI is InChI=1S/C36H46N4.C15H10N.C13H8NS.C5H8O2.2Ir.Pt/c1-9-21-22(10-2)30-18-32-25(13-5)26(14-6)34(39-32)20-36-28(16-8)27(15-7)35(40-36)19-33-24(12-4)23(11-3)31(38-33)17-29(21)37-30;1-2-7-13(8-3-1)15-14-9-5-4-6-12(14)10-11-16-15;1-2-7-12-10(5-1)9-13(15-12)11-6-3-4-8-14-11;1-4(6)3-5(2)7;;;/h17-19,34H,9-16,20H2,1-8H3;1-7,9-11H;1-8H;3,6H,1-2H3;;;/q-4;2*-1;;;;+4. The monoisotopic (exact) mass is 1630 g/mol. The van der Waals surface area contributed by atoms with Crippen molar-refractivity contribution in [3.05, 3.63) is 222 Å². The van der Waals surface area contributed by atoms with Gasteiger partial charge in [-0.3, -0.25) is 4.79 Å². The van der Waals surface area contributed by atoms with Crippen molar-refractivity contribution in [1.82, 2.24) is 24.9 Å². The molecule has 1 N–H and O–H groups in total. The summed E-state index contributed by atoms with van der Waals surface area (Å²) in [5, 5.41) is 19.5. The Kier molecular flexibility index (Phi) is 25.8. The summed E-state index contributed by atoms with van der Waals surface area (Å²) in [5.41, 5.74) is 19.7. The Balaban J connectivity index is 0.000000239. The second kappa shape index (κ2) is 31.6. The third-order valence-corrected chi connectivity index (χ3v) is 15.6. The minimum atomic E-state index is -0.125. The average Bonchev–Trinajstić information content (AvgIpc) is 4.46. The van der Waals surface area contributed by atoms with E-state index in [1.807, 2.05) is 79.1 Å². The van der Waals surface area contributed by atoms with Gasteiger partial charge in [0.1, 0.15) is 0 Å². The van der Waals surface area contributed by atoms with Crippen molar-refractivity contribution in [1.29, 1.82) is 0 Å². The summed E-state index contributed by atoms with van der Waals surface area (Å²) in [6.45, 7) is 20.9. The van der Waals surface area contributed by atoms with Crippen LogP contribution < -0.4 is 25.7 Å². The van der Waals surface area contributed by atoms with Crippen molar-refractivity contribution in [2.45, 2.75) is 133 Å². The van der Waals surface area contributed by atoms with Gasteiger partial charge in [-0.05, 0) is 103 Å². The number of hydrogen-bond donors (Lipinski definition) is 1. The number of allylic oxidation sites excluding steroid dienone is 3. The summed E-state index contributed by atoms with van der Waals surface area (Å²) in [5.74, 6) is -0.0625. The number of fused-ring (bicyclic) bond motifs is 10. The number of aliphatic hydroxyl groups is 1. The largest absolute Gasteiger partial charge is 4.00 e. The molecular weight excluding hydrogens is 1560 g/mol. The van der Waals surface area contributed by atoms with Crippen LogP contribution in [0.2, 0.25) is 0 Å². The van der Waals surface area contributed by atoms with E-state index in [1.54, 1.807) is 11.3 Å². The molecule has 2 aliphatic heterocycles. The van der Waals surface area contributed by atoms with E-state index in [9.17, 15) is 4.79 Å². The molecule has 1 unspecified atom stereocenters. The van der Waals surface area contributed by atoms with Gasteiger partial charge in [0.25, 0.3) is 0 Å². The number of carbonyl (C=O) groups excluding carboxylic acids is 1. The van der Waals surface area contributed by atoms with E-state index in [4.69, 9.17) is 25.4 Å². The van der Waals surface area contributed by atoms with Crippen molar-refractivity contribution in [3.8, 4) is 21.8 Å². The molecule has 81 heavy (non-hydrogen) atoms. The summed E-state index contributed by atoms with van der Waals surface area (Å²) < 4.78 is 1.26. The molecule has 1 atom stereocenters. The number of aromatic nitrogens is 5. The zero-order valence-corrected chi connectivity index (χ0v) is 56.0. The molecule has 426 valence electrons. The molecule has 11 rings (SSSR count). The molecular formula is C69H72Ir2N6O2PtS-2. The average molecular weight is 1630 g/mol. The SMILES string of the molecule is CC(=O)C=C(C)O.CCC1=C(CC)C2Cc3[n-]c(c(CC)c3CC)C=c3[n-]c(c(CC)c3CC)=Cc3[n-]c(c(CC)c3CC)C=C1[N-]2.[Ir].[Ir].[Pt+4].[c-]1c(-c2ccccn2)sc2ccccc12.[c-]1ccccc1-c1nccc2ccccc12. The van der Waals surface area contributed by atoms with Crippen molar-refractivity contribution in [3.63, 3.8) is 0 Å². The number of thiophene rings is 1. The number of benzene rings is 3. The topological polar surface area (TPSA) is 119 Å². The molecule has 8 bridgehead atoms. The second-order valence-corrected chi connectivity index (χ2v) is 20.5. The molecule has 8 nitrogen and oxygen atoms in total. The number of ketones is 1. The first kappa shape index (κ1) is 66.0. The first-order valence-electron chi connectivity index (χ1n) is 27.9. The predicted octanol–water partition coefficient (Wildman–Crippen LogP) is 14.9. The third-order valence-electron chi connectivity index (χ3n) is 14.5. The Labute approximate surface area is 525 Å². The van der Waals surface area contributed by atoms with Crippen LogP contribution in [-0.2, 0) is 111 Å². The normalized spacial score (nSPS) is 13.2. The second-order valence-electron chi connectivity index (χ2n) is 19.4. The van der Waals surface area contributed by atoms with Crippen molar-refractivity contribution < 1.29 is 71.2 Å². The fourth-order valence-corrected chi connectivity index (χ4v) is 12.0. The van der Waals surface area contributed by atoms with Gasteiger partial charge in [0.15, 0.2) is 5.78 Å². The van der Waals surface area contributed by atoms with E-state index >= 15 is 0 Å². The van der Waals surface area contributed by atoms with Gasteiger partial charge in [-0.1, -0.05) is 179 Å². The Morgan fingerprint density at radius 1 is 0.642 bits per heavy atom. The number of nitrogens with zero attached hydrogens (tertiary/aromatic N) is 6. The van der Waals surface area contributed by atoms with Crippen LogP contribution in [0.25, 0.3) is 66.2 Å². The maximum atomic E-state index is 10.0. The maximum absolute atomic E-state index is 10.0. The third kappa shape index (κ3) is 15.5. The Morgan fingerprint density at radius 2 is 1.25 bits per heavy atom. The Morgan fingerprint density at radius 3 is 1.81 bits per heavy atom. The van der Waals surface area contributed by atoms with Gasteiger partial charge < -0.3 is 35.3 Å². The molecule has 8 heterocycles. The first-order valence-corrected chi connectivity index (χ1v) is 28.7. The minimum absolute atomic E-state index is 0. The Hall–Kier alpha value is -5.76. The quantitative estimate of drug-likeness (QED) is 0.0778. The maximum Gasteiger partial charge on any atom is 4.00 e. The van der Waals surface area contributed by atoms with E-state index in [0.717, 1.165) is 113 Å². The molecule has 12 heteroatoms. The zero-order valence-electron chi connectivity index (χ0n) is 48.1. The van der Waals surface area contributed by atoms with Crippen molar-refractivity contribution in [2.24, 2.45) is 0 Å². The van der Waals surface area contributed by atoms with E-state index in [1.165, 1.54) is 91.0 Å². The van der Waals surface area contributed by atoms with Gasteiger partial charge in [-0.2, -0.15) is 5.69 Å². The summed E-state index contributed by atoms with van der Waals surface area (Å²) >= 11 is 1.73. The number of rotatable bonds is 11. The van der Waals surface area contributed by atoms with Gasteiger partial charge in [0, 0.05) is 64.4 Å². The number of hydrogen-bond acceptors (Lipinski definition) is 5. The molecule has 6 aromatic heterocycles. The molecule has 2 radical (unpaired) electrons. The molecule has 0 aliphatic carbocycles. The first-order chi connectivity index (χ1) is 38.0. The fraction of sp³-hybridized carbons (Fsp3) is 0.290. The molecule has 3 aromatic carbocycles. The Bertz CT molecular complexity index is 3710. The van der Waals surface area contributed by atoms with Crippen LogP contribution in [0, 0.1) is 12.1 Å². The van der Waals surface area contributed by atoms with Crippen LogP contribution in [0.15, 0.2) is 138 Å². The van der Waals surface area contributed by atoms with Crippen LogP contribution >= 0.6 is 11.3 Å². The number of aliphatic hydroxyl groups excluding tert-OH is 1. The predicted molar refractivity (Wildman–Crippen MR) is 325 cm³/mol. The van der Waals surface area contributed by atoms with Crippen LogP contribution in [-0.4, -0.2) is 26.9 Å². The van der Waals surface area contributed by atoms with E-state index in [-0.39, 0.29) is 78.9 Å². The molecule has 9 aromatic rings. The molecule has 2 aliphatic rings. The molecule has 0 saturated carbocycles. The van der Waals surface area contributed by atoms with Gasteiger partial charge in [-0.15, -0.1) is 93.0 Å². The number of carbonyl (C=O) groups is 1. The van der Waals surface area contributed by atoms with Crippen LogP contribution in [0.5, 0.6) is 0 Å². The van der Waals surface area contributed by atoms with Crippen molar-refractivity contribution >= 4 is 56.2 Å². The van der Waals surface area contributed by atoms with Gasteiger partial charge in [-0.25, -0.2) is 11.3 Å². The minimum Gasteiger partial charge on any atom is -0.678 e. The van der Waals surface area contributed by atoms with Gasteiger partial charge in [0.05, 0.1) is 5.76 Å². The van der Waals surface area contributed by atoms with E-state index in [0.29, 0.717) is 0 Å². The summed E-state index contributed by atoms with van der Waals surface area (Å²) in [4.78, 5) is 35.8. The van der Waals surface area contributed by atoms with E-state index < -0.39 is 0 Å². The zero-order chi connectivity index (χ0) is 55.3. The van der Waals surface area contributed by atoms with E-state index in [2.05, 4.69) is 126 Å². The van der Waals surface area contributed by atoms with Gasteiger partial charge in [0.2, 0.25) is 0 Å². The van der Waals surface area contributed by atoms with Crippen LogP contribution in [0.3, 0.4) is 0 Å². The molecule has 0 fully saturated rings. The summed E-state index contributed by atoms with van der Waals surface area (Å²) in [6, 6.07) is 39.2. The van der Waals surface area contributed by atoms with Crippen molar-refractivity contribution in [2.75, 3.05) is 0 Å². The molecule has 0 amide bonds. The van der Waals surface area contributed by atoms with Crippen LogP contribution in [0.1, 0.15) is 138 Å². The summed E-state index contributed by atoms with van der Waals surface area (Å²) in [7, 11) is 0. The fourth-order valence-electron chi connectivity index (χ4n) is 11.0.